The van der Waals surface area contributed by atoms with Gasteiger partial charge in [-0.1, -0.05) is 11.6 Å². The lowest BCUT2D eigenvalue weighted by atomic mass is 10.2. The van der Waals surface area contributed by atoms with Crippen molar-refractivity contribution in [3.8, 4) is 0 Å². The fraction of sp³-hybridized carbons (Fsp3) is 0.636. The number of halogens is 1. The largest absolute Gasteiger partial charge is 0.377 e. The average Bonchev–Trinajstić information content (AvgIpc) is 2.73. The number of rotatable bonds is 4. The van der Waals surface area contributed by atoms with Crippen LogP contribution in [-0.2, 0) is 9.47 Å². The third kappa shape index (κ3) is 2.86. The van der Waals surface area contributed by atoms with Gasteiger partial charge < -0.3 is 14.4 Å². The van der Waals surface area contributed by atoms with Gasteiger partial charge in [-0.2, -0.15) is 0 Å². The van der Waals surface area contributed by atoms with Crippen molar-refractivity contribution in [2.75, 3.05) is 31.7 Å². The van der Waals surface area contributed by atoms with Crippen molar-refractivity contribution in [2.45, 2.75) is 19.1 Å². The van der Waals surface area contributed by atoms with Crippen molar-refractivity contribution in [1.82, 2.24) is 9.97 Å². The minimum absolute atomic E-state index is 0.0729. The van der Waals surface area contributed by atoms with Crippen LogP contribution in [0.4, 0.5) is 5.82 Å². The maximum Gasteiger partial charge on any atom is 0.134 e. The van der Waals surface area contributed by atoms with E-state index in [4.69, 9.17) is 21.1 Å². The first-order chi connectivity index (χ1) is 8.24. The molecule has 2 atom stereocenters. The van der Waals surface area contributed by atoms with Gasteiger partial charge in [-0.25, -0.2) is 9.97 Å². The van der Waals surface area contributed by atoms with E-state index in [0.717, 1.165) is 18.9 Å². The molecule has 2 heterocycles. The highest BCUT2D eigenvalue weighted by molar-refractivity contribution is 6.29. The van der Waals surface area contributed by atoms with Crippen LogP contribution >= 0.6 is 11.6 Å². The Labute approximate surface area is 106 Å². The van der Waals surface area contributed by atoms with Gasteiger partial charge >= 0.3 is 0 Å². The summed E-state index contributed by atoms with van der Waals surface area (Å²) in [6, 6.07) is 1.75. The van der Waals surface area contributed by atoms with Crippen LogP contribution in [0.5, 0.6) is 0 Å². The number of nitrogens with zero attached hydrogens (tertiary/aromatic N) is 3. The Bertz CT molecular complexity index is 377. The van der Waals surface area contributed by atoms with E-state index in [1.165, 1.54) is 6.33 Å². The summed E-state index contributed by atoms with van der Waals surface area (Å²) >= 11 is 5.85. The Balaban J connectivity index is 2.09. The molecule has 1 aliphatic rings. The van der Waals surface area contributed by atoms with Crippen LogP contribution < -0.4 is 4.90 Å². The Kier molecular flexibility index (Phi) is 4.15. The number of ether oxygens (including phenoxy) is 2. The number of hydrogen-bond acceptors (Lipinski definition) is 5. The monoisotopic (exact) mass is 257 g/mol. The normalized spacial score (nSPS) is 24.3. The molecule has 0 saturated carbocycles. The van der Waals surface area contributed by atoms with E-state index in [-0.39, 0.29) is 12.2 Å². The molecule has 1 aromatic heterocycles. The first-order valence-electron chi connectivity index (χ1n) is 5.61. The van der Waals surface area contributed by atoms with Gasteiger partial charge in [-0.3, -0.25) is 0 Å². The van der Waals surface area contributed by atoms with E-state index < -0.39 is 0 Å². The van der Waals surface area contributed by atoms with E-state index in [2.05, 4.69) is 14.9 Å². The molecule has 6 heteroatoms. The third-order valence-electron chi connectivity index (χ3n) is 2.84. The van der Waals surface area contributed by atoms with Crippen LogP contribution in [0.3, 0.4) is 0 Å². The van der Waals surface area contributed by atoms with E-state index in [9.17, 15) is 0 Å². The molecule has 5 nitrogen and oxygen atoms in total. The van der Waals surface area contributed by atoms with Gasteiger partial charge in [0.2, 0.25) is 0 Å². The van der Waals surface area contributed by atoms with Crippen molar-refractivity contribution in [3.05, 3.63) is 17.5 Å². The zero-order valence-corrected chi connectivity index (χ0v) is 10.7. The van der Waals surface area contributed by atoms with Gasteiger partial charge in [0.1, 0.15) is 29.5 Å². The lowest BCUT2D eigenvalue weighted by Gasteiger charge is -2.16. The summed E-state index contributed by atoms with van der Waals surface area (Å²) in [5.41, 5.74) is 0. The summed E-state index contributed by atoms with van der Waals surface area (Å²) in [6.45, 7) is 4.19. The summed E-state index contributed by atoms with van der Waals surface area (Å²) in [6.07, 6.45) is 1.62. The second-order valence-corrected chi connectivity index (χ2v) is 4.26. The van der Waals surface area contributed by atoms with Gasteiger partial charge in [0.15, 0.2) is 0 Å². The van der Waals surface area contributed by atoms with Gasteiger partial charge in [-0.05, 0) is 6.92 Å². The van der Waals surface area contributed by atoms with E-state index in [0.29, 0.717) is 11.8 Å². The Morgan fingerprint density at radius 3 is 2.82 bits per heavy atom. The zero-order chi connectivity index (χ0) is 12.3. The van der Waals surface area contributed by atoms with E-state index >= 15 is 0 Å². The molecular weight excluding hydrogens is 242 g/mol. The predicted molar refractivity (Wildman–Crippen MR) is 65.5 cm³/mol. The highest BCUT2D eigenvalue weighted by atomic mass is 35.5. The lowest BCUT2D eigenvalue weighted by Crippen LogP contribution is -2.28. The first kappa shape index (κ1) is 12.5. The molecule has 2 rings (SSSR count). The number of aromatic nitrogens is 2. The van der Waals surface area contributed by atoms with Crippen LogP contribution in [0.15, 0.2) is 12.4 Å². The Hall–Kier alpha value is -0.910. The van der Waals surface area contributed by atoms with E-state index in [1.807, 2.05) is 6.92 Å². The SMILES string of the molecule is CCOC1CN(c2cc(Cl)ncn2)CC1OC. The van der Waals surface area contributed by atoms with Crippen molar-refractivity contribution in [3.63, 3.8) is 0 Å². The number of anilines is 1. The Morgan fingerprint density at radius 2 is 2.18 bits per heavy atom. The summed E-state index contributed by atoms with van der Waals surface area (Å²) in [4.78, 5) is 10.2. The maximum atomic E-state index is 5.85. The molecule has 0 amide bonds. The molecule has 0 radical (unpaired) electrons. The standard InChI is InChI=1S/C11H16ClN3O2/c1-3-17-9-6-15(5-8(9)16-2)11-4-10(12)13-7-14-11/h4,7-9H,3,5-6H2,1-2H3. The molecule has 1 saturated heterocycles. The smallest absolute Gasteiger partial charge is 0.134 e. The molecule has 1 aromatic rings. The molecule has 0 N–H and O–H groups in total. The minimum atomic E-state index is 0.0729. The first-order valence-corrected chi connectivity index (χ1v) is 5.99. The molecule has 94 valence electrons. The van der Waals surface area contributed by atoms with Crippen LogP contribution in [0.1, 0.15) is 6.92 Å². The number of methoxy groups -OCH3 is 1. The van der Waals surface area contributed by atoms with Gasteiger partial charge in [0, 0.05) is 32.9 Å². The van der Waals surface area contributed by atoms with Crippen molar-refractivity contribution >= 4 is 17.4 Å². The van der Waals surface area contributed by atoms with Crippen LogP contribution in [0.2, 0.25) is 5.15 Å². The highest BCUT2D eigenvalue weighted by Gasteiger charge is 2.34. The summed E-state index contributed by atoms with van der Waals surface area (Å²) in [5.74, 6) is 0.814. The molecule has 17 heavy (non-hydrogen) atoms. The molecular formula is C11H16ClN3O2. The summed E-state index contributed by atoms with van der Waals surface area (Å²) < 4.78 is 11.1. The lowest BCUT2D eigenvalue weighted by molar-refractivity contribution is -0.0232. The van der Waals surface area contributed by atoms with Crippen molar-refractivity contribution < 1.29 is 9.47 Å². The molecule has 0 aromatic carbocycles. The molecule has 1 aliphatic heterocycles. The summed E-state index contributed by atoms with van der Waals surface area (Å²) in [5, 5.41) is 0.448. The molecule has 0 spiro atoms. The van der Waals surface area contributed by atoms with Crippen molar-refractivity contribution in [1.29, 1.82) is 0 Å². The quantitative estimate of drug-likeness (QED) is 0.763. The second-order valence-electron chi connectivity index (χ2n) is 3.87. The fourth-order valence-electron chi connectivity index (χ4n) is 2.03. The third-order valence-corrected chi connectivity index (χ3v) is 3.05. The van der Waals surface area contributed by atoms with Crippen LogP contribution in [-0.4, -0.2) is 49.0 Å². The molecule has 1 fully saturated rings. The molecule has 0 aliphatic carbocycles. The van der Waals surface area contributed by atoms with Crippen molar-refractivity contribution in [2.24, 2.45) is 0 Å². The van der Waals surface area contributed by atoms with Gasteiger partial charge in [0.05, 0.1) is 0 Å². The average molecular weight is 258 g/mol. The molecule has 0 bridgehead atoms. The highest BCUT2D eigenvalue weighted by Crippen LogP contribution is 2.23. The maximum absolute atomic E-state index is 5.85. The summed E-state index contributed by atoms with van der Waals surface area (Å²) in [7, 11) is 1.70. The zero-order valence-electron chi connectivity index (χ0n) is 9.97. The van der Waals surface area contributed by atoms with Crippen LogP contribution in [0.25, 0.3) is 0 Å². The topological polar surface area (TPSA) is 47.5 Å². The van der Waals surface area contributed by atoms with Gasteiger partial charge in [0.25, 0.3) is 0 Å². The fourth-order valence-corrected chi connectivity index (χ4v) is 2.17. The molecule has 2 unspecified atom stereocenters. The number of hydrogen-bond donors (Lipinski definition) is 0. The van der Waals surface area contributed by atoms with E-state index in [1.54, 1.807) is 13.2 Å². The second kappa shape index (κ2) is 5.62. The van der Waals surface area contributed by atoms with Crippen LogP contribution in [0, 0.1) is 0 Å². The Morgan fingerprint density at radius 1 is 1.41 bits per heavy atom. The minimum Gasteiger partial charge on any atom is -0.377 e. The van der Waals surface area contributed by atoms with Gasteiger partial charge in [-0.15, -0.1) is 0 Å². The predicted octanol–water partition coefficient (Wildman–Crippen LogP) is 1.37.